The first-order valence-electron chi connectivity index (χ1n) is 20.3. The van der Waals surface area contributed by atoms with Crippen LogP contribution in [0.2, 0.25) is 0 Å². The summed E-state index contributed by atoms with van der Waals surface area (Å²) in [5.74, 6) is 0. The van der Waals surface area contributed by atoms with Gasteiger partial charge in [0.1, 0.15) is 0 Å². The summed E-state index contributed by atoms with van der Waals surface area (Å²) in [6.07, 6.45) is 2.19. The van der Waals surface area contributed by atoms with Crippen molar-refractivity contribution in [2.75, 3.05) is 0 Å². The molecule has 0 N–H and O–H groups in total. The minimum absolute atomic E-state index is 0. The number of benzene rings is 8. The Morgan fingerprint density at radius 1 is 0.298 bits per heavy atom. The standard InChI is InChI=1S/C27H20.C27H22.C2H6.HI/c1-3-7-25-23(5-1)24-6-2-4-8-26(24)27(25)21-15-11-19(12-16-21)9-10-20-13-17-22(27)18-14-20;1-19-11-15-21(16-12-19)27(22-17-13-20(2)14-18-22)25-9-5-3-7-23(25)24-8-4-6-10-26(24)27;1-2;/h1-8,11-18H,9-10H2;3-18H,1-2H3;1-2H3;1H. The molecule has 0 saturated heterocycles. The third-order valence-corrected chi connectivity index (χ3v) is 12.4. The van der Waals surface area contributed by atoms with Crippen molar-refractivity contribution in [2.24, 2.45) is 0 Å². The van der Waals surface area contributed by atoms with Gasteiger partial charge in [-0.2, -0.15) is 0 Å². The first-order chi connectivity index (χ1) is 27.6. The van der Waals surface area contributed by atoms with Crippen molar-refractivity contribution in [1.29, 1.82) is 0 Å². The van der Waals surface area contributed by atoms with Gasteiger partial charge in [-0.3, -0.25) is 0 Å². The predicted molar refractivity (Wildman–Crippen MR) is 251 cm³/mol. The van der Waals surface area contributed by atoms with Crippen molar-refractivity contribution in [3.05, 3.63) is 261 Å². The fourth-order valence-electron chi connectivity index (χ4n) is 9.79. The third-order valence-electron chi connectivity index (χ3n) is 12.4. The van der Waals surface area contributed by atoms with E-state index in [9.17, 15) is 0 Å². The minimum atomic E-state index is -0.269. The Labute approximate surface area is 356 Å². The first-order valence-corrected chi connectivity index (χ1v) is 20.3. The molecule has 280 valence electrons. The maximum atomic E-state index is 2.35. The summed E-state index contributed by atoms with van der Waals surface area (Å²) in [4.78, 5) is 0. The molecule has 0 fully saturated rings. The number of aryl methyl sites for hydroxylation is 4. The van der Waals surface area contributed by atoms with Gasteiger partial charge in [-0.25, -0.2) is 0 Å². The number of hydrogen-bond acceptors (Lipinski definition) is 0. The maximum absolute atomic E-state index is 2.35. The Morgan fingerprint density at radius 3 is 0.789 bits per heavy atom. The smallest absolute Gasteiger partial charge is 0.0713 e. The van der Waals surface area contributed by atoms with Crippen LogP contribution in [-0.4, -0.2) is 0 Å². The summed E-state index contributed by atoms with van der Waals surface area (Å²) in [5.41, 5.74) is 21.2. The van der Waals surface area contributed by atoms with Crippen LogP contribution in [0.5, 0.6) is 0 Å². The van der Waals surface area contributed by atoms with Gasteiger partial charge in [-0.1, -0.05) is 219 Å². The van der Waals surface area contributed by atoms with Crippen LogP contribution in [0.3, 0.4) is 0 Å². The fourth-order valence-corrected chi connectivity index (χ4v) is 9.79. The van der Waals surface area contributed by atoms with Gasteiger partial charge in [0.2, 0.25) is 0 Å². The number of fused-ring (bicyclic) bond motifs is 6. The van der Waals surface area contributed by atoms with Crippen LogP contribution in [0.25, 0.3) is 22.3 Å². The molecular formula is C56H49I. The first kappa shape index (κ1) is 38.4. The van der Waals surface area contributed by atoms with Crippen LogP contribution >= 0.6 is 24.0 Å². The summed E-state index contributed by atoms with van der Waals surface area (Å²) in [5, 5.41) is 0. The molecule has 0 saturated carbocycles. The lowest BCUT2D eigenvalue weighted by Crippen LogP contribution is -2.28. The van der Waals surface area contributed by atoms with Gasteiger partial charge in [0.05, 0.1) is 10.8 Å². The van der Waals surface area contributed by atoms with E-state index < -0.39 is 0 Å². The Hall–Kier alpha value is -5.51. The summed E-state index contributed by atoms with van der Waals surface area (Å²) in [7, 11) is 0. The number of hydrogen-bond donors (Lipinski definition) is 0. The van der Waals surface area contributed by atoms with Gasteiger partial charge in [-0.15, -0.1) is 24.0 Å². The van der Waals surface area contributed by atoms with E-state index in [2.05, 4.69) is 208 Å². The second kappa shape index (κ2) is 15.8. The zero-order valence-electron chi connectivity index (χ0n) is 33.3. The highest BCUT2D eigenvalue weighted by Crippen LogP contribution is 2.57. The Kier molecular flexibility index (Phi) is 10.6. The second-order valence-electron chi connectivity index (χ2n) is 15.3. The topological polar surface area (TPSA) is 0 Å². The molecule has 6 aliphatic rings. The van der Waals surface area contributed by atoms with Crippen LogP contribution in [0.4, 0.5) is 0 Å². The molecule has 1 spiro atoms. The molecule has 4 bridgehead atoms. The molecule has 6 aliphatic carbocycles. The van der Waals surface area contributed by atoms with Crippen LogP contribution < -0.4 is 0 Å². The molecule has 1 heteroatoms. The van der Waals surface area contributed by atoms with Gasteiger partial charge < -0.3 is 0 Å². The van der Waals surface area contributed by atoms with E-state index in [-0.39, 0.29) is 34.8 Å². The van der Waals surface area contributed by atoms with Gasteiger partial charge >= 0.3 is 0 Å². The van der Waals surface area contributed by atoms with Gasteiger partial charge in [0.25, 0.3) is 0 Å². The van der Waals surface area contributed by atoms with Gasteiger partial charge in [-0.05, 0) is 105 Å². The maximum Gasteiger partial charge on any atom is 0.0713 e. The third kappa shape index (κ3) is 6.10. The molecule has 0 atom stereocenters. The lowest BCUT2D eigenvalue weighted by Gasteiger charge is -2.34. The highest BCUT2D eigenvalue weighted by atomic mass is 127. The van der Waals surface area contributed by atoms with Crippen LogP contribution in [0, 0.1) is 13.8 Å². The van der Waals surface area contributed by atoms with Crippen LogP contribution in [0.1, 0.15) is 80.6 Å². The molecule has 0 radical (unpaired) electrons. The zero-order chi connectivity index (χ0) is 38.3. The number of rotatable bonds is 2. The normalized spacial score (nSPS) is 14.0. The molecule has 14 rings (SSSR count). The average Bonchev–Trinajstić information content (AvgIpc) is 3.71. The molecule has 8 aromatic rings. The van der Waals surface area contributed by atoms with E-state index in [4.69, 9.17) is 0 Å². The highest BCUT2D eigenvalue weighted by molar-refractivity contribution is 14.0. The average molecular weight is 849 g/mol. The van der Waals surface area contributed by atoms with E-state index in [0.29, 0.717) is 0 Å². The molecule has 8 aromatic carbocycles. The van der Waals surface area contributed by atoms with Crippen molar-refractivity contribution >= 4 is 24.0 Å². The number of halogens is 1. The van der Waals surface area contributed by atoms with E-state index in [1.807, 2.05) is 13.8 Å². The minimum Gasteiger partial charge on any atom is -0.107 e. The van der Waals surface area contributed by atoms with Crippen LogP contribution in [-0.2, 0) is 23.7 Å². The van der Waals surface area contributed by atoms with Crippen molar-refractivity contribution in [3.8, 4) is 22.3 Å². The molecule has 0 unspecified atom stereocenters. The Bertz CT molecular complexity index is 2370. The highest BCUT2D eigenvalue weighted by Gasteiger charge is 2.47. The largest absolute Gasteiger partial charge is 0.107 e. The summed E-state index contributed by atoms with van der Waals surface area (Å²) in [6, 6.07) is 72.5. The summed E-state index contributed by atoms with van der Waals surface area (Å²) in [6.45, 7) is 8.30. The molecule has 57 heavy (non-hydrogen) atoms. The van der Waals surface area contributed by atoms with Crippen molar-refractivity contribution < 1.29 is 0 Å². The van der Waals surface area contributed by atoms with E-state index >= 15 is 0 Å². The Morgan fingerprint density at radius 2 is 0.526 bits per heavy atom. The molecule has 0 heterocycles. The lowest BCUT2D eigenvalue weighted by molar-refractivity contribution is 0.767. The van der Waals surface area contributed by atoms with Crippen LogP contribution in [0.15, 0.2) is 194 Å². The quantitative estimate of drug-likeness (QED) is 0.152. The van der Waals surface area contributed by atoms with E-state index in [1.54, 1.807) is 0 Å². The second-order valence-corrected chi connectivity index (χ2v) is 15.3. The lowest BCUT2D eigenvalue weighted by atomic mass is 9.67. The van der Waals surface area contributed by atoms with Crippen molar-refractivity contribution in [2.45, 2.75) is 51.4 Å². The predicted octanol–water partition coefficient (Wildman–Crippen LogP) is 14.5. The summed E-state index contributed by atoms with van der Waals surface area (Å²) < 4.78 is 0. The van der Waals surface area contributed by atoms with Crippen molar-refractivity contribution in [1.82, 2.24) is 0 Å². The zero-order valence-corrected chi connectivity index (χ0v) is 35.6. The van der Waals surface area contributed by atoms with E-state index in [0.717, 1.165) is 12.8 Å². The molecule has 0 nitrogen and oxygen atoms in total. The van der Waals surface area contributed by atoms with E-state index in [1.165, 1.54) is 89.0 Å². The SMILES string of the molecule is CC.Cc1ccc(C2(c3ccc(C)cc3)c3ccccc3-c3ccccc32)cc1.I.c1ccc2c(c1)-c1ccccc1C21c2ccc(cc2)CCc2ccc1cc2. The molecule has 0 aliphatic heterocycles. The van der Waals surface area contributed by atoms with Crippen molar-refractivity contribution in [3.63, 3.8) is 0 Å². The fraction of sp³-hybridized carbons (Fsp3) is 0.143. The molecule has 0 aromatic heterocycles. The Balaban J connectivity index is 0.000000151. The monoisotopic (exact) mass is 848 g/mol. The van der Waals surface area contributed by atoms with Gasteiger partial charge in [0.15, 0.2) is 0 Å². The molecule has 0 amide bonds. The van der Waals surface area contributed by atoms with Gasteiger partial charge in [0, 0.05) is 0 Å². The summed E-state index contributed by atoms with van der Waals surface area (Å²) >= 11 is 0. The molecular weight excluding hydrogens is 800 g/mol.